The minimum atomic E-state index is 0.576. The van der Waals surface area contributed by atoms with Gasteiger partial charge in [0.05, 0.1) is 62.7 Å². The van der Waals surface area contributed by atoms with Gasteiger partial charge in [-0.1, -0.05) is 72.8 Å². The predicted octanol–water partition coefficient (Wildman–Crippen LogP) is 10.8. The summed E-state index contributed by atoms with van der Waals surface area (Å²) in [5.74, 6) is 0. The molecule has 0 aliphatic rings. The fraction of sp³-hybridized carbons (Fsp3) is 0. The number of hydrogen-bond acceptors (Lipinski definition) is 3. The summed E-state index contributed by atoms with van der Waals surface area (Å²) in [5.41, 5.74) is 12.0. The lowest BCUT2D eigenvalue weighted by Gasteiger charge is -2.18. The molecule has 2 aromatic heterocycles. The second kappa shape index (κ2) is 11.4. The highest BCUT2D eigenvalue weighted by Gasteiger charge is 2.19. The zero-order valence-electron chi connectivity index (χ0n) is 26.7. The number of rotatable bonds is 4. The van der Waals surface area contributed by atoms with Crippen LogP contribution in [0.5, 0.6) is 0 Å². The van der Waals surface area contributed by atoms with Crippen LogP contribution in [0.4, 0.5) is 0 Å². The number of benzene rings is 7. The Balaban J connectivity index is 1.22. The number of hydrogen-bond donors (Lipinski definition) is 0. The molecule has 50 heavy (non-hydrogen) atoms. The van der Waals surface area contributed by atoms with Gasteiger partial charge >= 0.3 is 0 Å². The van der Waals surface area contributed by atoms with E-state index in [1.807, 2.05) is 60.7 Å². The van der Waals surface area contributed by atoms with Crippen LogP contribution in [0.25, 0.3) is 77.2 Å². The molecule has 0 bridgehead atoms. The van der Waals surface area contributed by atoms with Crippen LogP contribution in [0.15, 0.2) is 152 Å². The largest absolute Gasteiger partial charge is 0.309 e. The van der Waals surface area contributed by atoms with E-state index in [0.29, 0.717) is 16.7 Å². The lowest BCUT2D eigenvalue weighted by Crippen LogP contribution is -1.99. The highest BCUT2D eigenvalue weighted by Crippen LogP contribution is 2.41. The molecule has 0 atom stereocenters. The average molecular weight is 636 g/mol. The molecular weight excluding hydrogens is 611 g/mol. The molecule has 0 aliphatic carbocycles. The molecule has 5 nitrogen and oxygen atoms in total. The number of nitrogens with zero attached hydrogens (tertiary/aromatic N) is 5. The summed E-state index contributed by atoms with van der Waals surface area (Å²) in [4.78, 5) is 0. The molecule has 0 amide bonds. The molecule has 9 aromatic rings. The van der Waals surface area contributed by atoms with Gasteiger partial charge in [-0.25, -0.2) is 0 Å². The number of para-hydroxylation sites is 2. The number of aromatic nitrogens is 2. The molecule has 9 rings (SSSR count). The topological polar surface area (TPSA) is 81.2 Å². The van der Waals surface area contributed by atoms with Crippen molar-refractivity contribution in [3.63, 3.8) is 0 Å². The van der Waals surface area contributed by atoms with Gasteiger partial charge in [0, 0.05) is 32.8 Å². The first-order valence-corrected chi connectivity index (χ1v) is 16.3. The zero-order chi connectivity index (χ0) is 33.8. The Kier molecular flexibility index (Phi) is 6.56. The first kappa shape index (κ1) is 28.8. The SMILES string of the molecule is N#Cc1ccc(-n2c3ccccc3c3ccccc32)c(-c2ccccc2-c2ccc(-n3c4ccc(C#N)cc4c4cc(C#N)ccc43)cc2)c1. The smallest absolute Gasteiger partial charge is 0.0991 e. The zero-order valence-corrected chi connectivity index (χ0v) is 26.7. The molecule has 0 radical (unpaired) electrons. The molecule has 0 spiro atoms. The van der Waals surface area contributed by atoms with E-state index in [4.69, 9.17) is 0 Å². The van der Waals surface area contributed by atoms with Crippen LogP contribution in [0.3, 0.4) is 0 Å². The predicted molar refractivity (Wildman–Crippen MR) is 200 cm³/mol. The maximum Gasteiger partial charge on any atom is 0.0991 e. The van der Waals surface area contributed by atoms with E-state index in [1.165, 1.54) is 10.8 Å². The molecule has 7 aromatic carbocycles. The molecule has 2 heterocycles. The Bertz CT molecular complexity index is 2830. The second-order valence-corrected chi connectivity index (χ2v) is 12.3. The third-order valence-electron chi connectivity index (χ3n) is 9.62. The lowest BCUT2D eigenvalue weighted by molar-refractivity contribution is 1.18. The molecule has 0 N–H and O–H groups in total. The van der Waals surface area contributed by atoms with Gasteiger partial charge in [-0.3, -0.25) is 0 Å². The summed E-state index contributed by atoms with van der Waals surface area (Å²) in [6.45, 7) is 0. The standard InChI is InChI=1S/C45H25N5/c46-26-29-15-22-45(50-41-11-5-3-9-36(41)37-10-4-6-12-42(37)50)38(23-29)35-8-2-1-7-34(35)32-16-18-33(19-17-32)49-43-20-13-30(27-47)24-39(43)40-25-31(28-48)14-21-44(40)49/h1-25H. The average Bonchev–Trinajstić information content (AvgIpc) is 3.69. The molecule has 0 saturated carbocycles. The van der Waals surface area contributed by atoms with E-state index in [-0.39, 0.29) is 0 Å². The Morgan fingerprint density at radius 3 is 1.42 bits per heavy atom. The van der Waals surface area contributed by atoms with E-state index in [1.54, 1.807) is 0 Å². The van der Waals surface area contributed by atoms with E-state index in [0.717, 1.165) is 66.5 Å². The Hall–Kier alpha value is -7.39. The van der Waals surface area contributed by atoms with Crippen molar-refractivity contribution in [3.05, 3.63) is 168 Å². The van der Waals surface area contributed by atoms with Gasteiger partial charge in [-0.15, -0.1) is 0 Å². The summed E-state index contributed by atoms with van der Waals surface area (Å²) >= 11 is 0. The van der Waals surface area contributed by atoms with Crippen LogP contribution in [0.2, 0.25) is 0 Å². The van der Waals surface area contributed by atoms with Crippen molar-refractivity contribution < 1.29 is 0 Å². The van der Waals surface area contributed by atoms with Gasteiger partial charge in [-0.05, 0) is 95.6 Å². The van der Waals surface area contributed by atoms with E-state index in [9.17, 15) is 15.8 Å². The summed E-state index contributed by atoms with van der Waals surface area (Å²) in [7, 11) is 0. The van der Waals surface area contributed by atoms with Crippen LogP contribution in [0.1, 0.15) is 16.7 Å². The Labute approximate surface area is 287 Å². The normalized spacial score (nSPS) is 11.1. The molecule has 0 saturated heterocycles. The van der Waals surface area contributed by atoms with Gasteiger partial charge in [0.15, 0.2) is 0 Å². The minimum Gasteiger partial charge on any atom is -0.309 e. The molecule has 230 valence electrons. The van der Waals surface area contributed by atoms with Gasteiger partial charge in [-0.2, -0.15) is 15.8 Å². The van der Waals surface area contributed by atoms with Crippen molar-refractivity contribution in [1.29, 1.82) is 15.8 Å². The van der Waals surface area contributed by atoms with Crippen LogP contribution in [-0.2, 0) is 0 Å². The number of nitriles is 3. The van der Waals surface area contributed by atoms with Crippen molar-refractivity contribution in [2.75, 3.05) is 0 Å². The first-order chi connectivity index (χ1) is 24.7. The van der Waals surface area contributed by atoms with Crippen molar-refractivity contribution in [1.82, 2.24) is 9.13 Å². The molecular formula is C45H25N5. The Morgan fingerprint density at radius 1 is 0.360 bits per heavy atom. The number of fused-ring (bicyclic) bond motifs is 6. The summed E-state index contributed by atoms with van der Waals surface area (Å²) < 4.78 is 4.48. The second-order valence-electron chi connectivity index (χ2n) is 12.3. The van der Waals surface area contributed by atoms with Crippen LogP contribution in [0, 0.1) is 34.0 Å². The van der Waals surface area contributed by atoms with Crippen molar-refractivity contribution in [2.45, 2.75) is 0 Å². The fourth-order valence-electron chi connectivity index (χ4n) is 7.40. The summed E-state index contributed by atoms with van der Waals surface area (Å²) in [6, 6.07) is 58.0. The van der Waals surface area contributed by atoms with Crippen LogP contribution >= 0.6 is 0 Å². The first-order valence-electron chi connectivity index (χ1n) is 16.3. The van der Waals surface area contributed by atoms with Gasteiger partial charge in [0.1, 0.15) is 0 Å². The Morgan fingerprint density at radius 2 is 0.840 bits per heavy atom. The third-order valence-corrected chi connectivity index (χ3v) is 9.62. The minimum absolute atomic E-state index is 0.576. The van der Waals surface area contributed by atoms with Crippen molar-refractivity contribution >= 4 is 43.6 Å². The van der Waals surface area contributed by atoms with Gasteiger partial charge in [0.2, 0.25) is 0 Å². The fourth-order valence-corrected chi connectivity index (χ4v) is 7.40. The van der Waals surface area contributed by atoms with Crippen LogP contribution < -0.4 is 0 Å². The van der Waals surface area contributed by atoms with Crippen molar-refractivity contribution in [3.8, 4) is 51.8 Å². The van der Waals surface area contributed by atoms with E-state index < -0.39 is 0 Å². The molecule has 0 fully saturated rings. The van der Waals surface area contributed by atoms with Gasteiger partial charge in [0.25, 0.3) is 0 Å². The van der Waals surface area contributed by atoms with E-state index >= 15 is 0 Å². The van der Waals surface area contributed by atoms with Crippen LogP contribution in [-0.4, -0.2) is 9.13 Å². The highest BCUT2D eigenvalue weighted by atomic mass is 15.0. The van der Waals surface area contributed by atoms with E-state index in [2.05, 4.69) is 118 Å². The summed E-state index contributed by atoms with van der Waals surface area (Å²) in [6.07, 6.45) is 0. The molecule has 0 aliphatic heterocycles. The highest BCUT2D eigenvalue weighted by molar-refractivity contribution is 6.11. The molecule has 0 unspecified atom stereocenters. The quantitative estimate of drug-likeness (QED) is 0.193. The monoisotopic (exact) mass is 635 g/mol. The maximum absolute atomic E-state index is 10.00. The summed E-state index contributed by atoms with van der Waals surface area (Å²) in [5, 5.41) is 33.4. The van der Waals surface area contributed by atoms with Gasteiger partial charge < -0.3 is 9.13 Å². The molecule has 5 heteroatoms. The van der Waals surface area contributed by atoms with Crippen molar-refractivity contribution in [2.24, 2.45) is 0 Å². The lowest BCUT2D eigenvalue weighted by atomic mass is 9.92. The third kappa shape index (κ3) is 4.38. The maximum atomic E-state index is 10.00.